The normalized spacial score (nSPS) is 12.2. The summed E-state index contributed by atoms with van der Waals surface area (Å²) in [7, 11) is 0. The number of Topliss-reactive ketones (excluding diaryl/α,β-unsaturated/α-hetero) is 1. The van der Waals surface area contributed by atoms with E-state index in [1.807, 2.05) is 6.92 Å². The zero-order valence-corrected chi connectivity index (χ0v) is 11.5. The average Bonchev–Trinajstić information content (AvgIpc) is 2.36. The molecule has 1 rings (SSSR count). The molecule has 0 bridgehead atoms. The molecule has 1 N–H and O–H groups in total. The van der Waals surface area contributed by atoms with Crippen molar-refractivity contribution in [3.05, 3.63) is 34.9 Å². The highest BCUT2D eigenvalue weighted by Gasteiger charge is 2.39. The van der Waals surface area contributed by atoms with Gasteiger partial charge < -0.3 is 10.1 Å². The van der Waals surface area contributed by atoms with Crippen molar-refractivity contribution in [1.29, 1.82) is 0 Å². The predicted octanol–water partition coefficient (Wildman–Crippen LogP) is 3.86. The highest BCUT2D eigenvalue weighted by Crippen LogP contribution is 2.24. The molecule has 19 heavy (non-hydrogen) atoms. The lowest BCUT2D eigenvalue weighted by molar-refractivity contribution is -0.165. The molecule has 0 unspecified atom stereocenters. The van der Waals surface area contributed by atoms with Crippen LogP contribution in [0.15, 0.2) is 34.9 Å². The molecule has 0 aliphatic heterocycles. The van der Waals surface area contributed by atoms with Crippen molar-refractivity contribution >= 4 is 27.4 Å². The van der Waals surface area contributed by atoms with Crippen molar-refractivity contribution in [3.8, 4) is 5.75 Å². The summed E-state index contributed by atoms with van der Waals surface area (Å²) in [5.41, 5.74) is 0.537. The Kier molecular flexibility index (Phi) is 5.41. The zero-order valence-electron chi connectivity index (χ0n) is 9.92. The lowest BCUT2D eigenvalue weighted by Crippen LogP contribution is -2.22. The third kappa shape index (κ3) is 4.94. The molecule has 7 heteroatoms. The lowest BCUT2D eigenvalue weighted by Gasteiger charge is -2.06. The Balaban J connectivity index is 2.67. The van der Waals surface area contributed by atoms with Gasteiger partial charge in [0.2, 0.25) is 0 Å². The van der Waals surface area contributed by atoms with Crippen LogP contribution in [0, 0.1) is 0 Å². The molecule has 3 nitrogen and oxygen atoms in total. The molecule has 1 aromatic rings. The first-order chi connectivity index (χ1) is 8.84. The van der Waals surface area contributed by atoms with Crippen LogP contribution in [0.2, 0.25) is 0 Å². The minimum absolute atomic E-state index is 0.526. The number of carbonyl (C=O) groups excluding carboxylic acids is 1. The number of rotatable bonds is 5. The van der Waals surface area contributed by atoms with Gasteiger partial charge >= 0.3 is 6.18 Å². The quantitative estimate of drug-likeness (QED) is 0.829. The van der Waals surface area contributed by atoms with E-state index in [0.29, 0.717) is 18.0 Å². The SMILES string of the molecule is CCOc1ccc(N/C=C(\Br)C(=O)C(F)(F)F)cc1. The second kappa shape index (κ2) is 6.60. The van der Waals surface area contributed by atoms with Crippen LogP contribution in [0.4, 0.5) is 18.9 Å². The molecular formula is C12H11BrF3NO2. The summed E-state index contributed by atoms with van der Waals surface area (Å²) in [5.74, 6) is -1.28. The Bertz CT molecular complexity index is 469. The standard InChI is InChI=1S/C12H11BrF3NO2/c1-2-19-9-5-3-8(4-6-9)17-7-10(13)11(18)12(14,15)16/h3-7,17H,2H2,1H3/b10-7-. The molecule has 0 spiro atoms. The lowest BCUT2D eigenvalue weighted by atomic mass is 10.3. The third-order valence-electron chi connectivity index (χ3n) is 2.01. The molecule has 104 valence electrons. The number of allylic oxidation sites excluding steroid dienone is 1. The van der Waals surface area contributed by atoms with E-state index in [0.717, 1.165) is 6.20 Å². The van der Waals surface area contributed by atoms with Crippen molar-refractivity contribution in [2.24, 2.45) is 0 Å². The van der Waals surface area contributed by atoms with Crippen molar-refractivity contribution in [3.63, 3.8) is 0 Å². The molecule has 0 saturated carbocycles. The highest BCUT2D eigenvalue weighted by molar-refractivity contribution is 9.12. The van der Waals surface area contributed by atoms with Gasteiger partial charge in [-0.2, -0.15) is 13.2 Å². The number of ether oxygens (including phenoxy) is 1. The second-order valence-electron chi connectivity index (χ2n) is 3.42. The number of hydrogen-bond donors (Lipinski definition) is 1. The molecule has 0 heterocycles. The molecule has 0 amide bonds. The molecule has 0 fully saturated rings. The van der Waals surface area contributed by atoms with E-state index in [-0.39, 0.29) is 0 Å². The fourth-order valence-electron chi connectivity index (χ4n) is 1.16. The van der Waals surface area contributed by atoms with Crippen LogP contribution < -0.4 is 10.1 Å². The number of ketones is 1. The van der Waals surface area contributed by atoms with Crippen LogP contribution in [0.1, 0.15) is 6.92 Å². The Morgan fingerprint density at radius 1 is 1.37 bits per heavy atom. The van der Waals surface area contributed by atoms with Crippen LogP contribution in [-0.2, 0) is 4.79 Å². The summed E-state index contributed by atoms with van der Waals surface area (Å²) in [6.07, 6.45) is -3.94. The number of halogens is 4. The van der Waals surface area contributed by atoms with Gasteiger partial charge in [-0.05, 0) is 47.1 Å². The number of nitrogens with one attached hydrogen (secondary N) is 1. The molecule has 0 atom stereocenters. The monoisotopic (exact) mass is 337 g/mol. The number of carbonyl (C=O) groups is 1. The Hall–Kier alpha value is -1.50. The van der Waals surface area contributed by atoms with Gasteiger partial charge in [0.1, 0.15) is 5.75 Å². The van der Waals surface area contributed by atoms with Gasteiger partial charge in [-0.1, -0.05) is 0 Å². The minimum atomic E-state index is -4.89. The Morgan fingerprint density at radius 2 is 1.95 bits per heavy atom. The van der Waals surface area contributed by atoms with E-state index in [1.54, 1.807) is 24.3 Å². The summed E-state index contributed by atoms with van der Waals surface area (Å²) < 4.78 is 40.9. The van der Waals surface area contributed by atoms with Crippen LogP contribution in [-0.4, -0.2) is 18.6 Å². The van der Waals surface area contributed by atoms with Crippen LogP contribution in [0.5, 0.6) is 5.75 Å². The first kappa shape index (κ1) is 15.6. The van der Waals surface area contributed by atoms with Gasteiger partial charge in [0.25, 0.3) is 5.78 Å². The van der Waals surface area contributed by atoms with Gasteiger partial charge in [-0.25, -0.2) is 0 Å². The van der Waals surface area contributed by atoms with Crippen molar-refractivity contribution < 1.29 is 22.7 Å². The number of benzene rings is 1. The molecule has 0 saturated heterocycles. The van der Waals surface area contributed by atoms with Crippen LogP contribution >= 0.6 is 15.9 Å². The highest BCUT2D eigenvalue weighted by atomic mass is 79.9. The number of hydrogen-bond acceptors (Lipinski definition) is 3. The fraction of sp³-hybridized carbons (Fsp3) is 0.250. The zero-order chi connectivity index (χ0) is 14.5. The third-order valence-corrected chi connectivity index (χ3v) is 2.59. The van der Waals surface area contributed by atoms with Gasteiger partial charge in [0.05, 0.1) is 11.1 Å². The fourth-order valence-corrected chi connectivity index (χ4v) is 1.50. The smallest absolute Gasteiger partial charge is 0.455 e. The minimum Gasteiger partial charge on any atom is -0.494 e. The van der Waals surface area contributed by atoms with Gasteiger partial charge in [-0.3, -0.25) is 4.79 Å². The topological polar surface area (TPSA) is 38.3 Å². The molecule has 0 aromatic heterocycles. The summed E-state index contributed by atoms with van der Waals surface area (Å²) in [5, 5.41) is 2.58. The van der Waals surface area contributed by atoms with E-state index < -0.39 is 16.4 Å². The summed E-state index contributed by atoms with van der Waals surface area (Å²) >= 11 is 2.58. The first-order valence-corrected chi connectivity index (χ1v) is 6.10. The van der Waals surface area contributed by atoms with Crippen LogP contribution in [0.25, 0.3) is 0 Å². The molecule has 1 aromatic carbocycles. The van der Waals surface area contributed by atoms with E-state index in [4.69, 9.17) is 4.74 Å². The largest absolute Gasteiger partial charge is 0.494 e. The van der Waals surface area contributed by atoms with Gasteiger partial charge in [-0.15, -0.1) is 0 Å². The van der Waals surface area contributed by atoms with E-state index in [2.05, 4.69) is 21.2 Å². The molecule has 0 radical (unpaired) electrons. The molecule has 0 aliphatic rings. The predicted molar refractivity (Wildman–Crippen MR) is 69.3 cm³/mol. The average molecular weight is 338 g/mol. The summed E-state index contributed by atoms with van der Waals surface area (Å²) in [6.45, 7) is 2.37. The van der Waals surface area contributed by atoms with E-state index in [9.17, 15) is 18.0 Å². The van der Waals surface area contributed by atoms with Crippen LogP contribution in [0.3, 0.4) is 0 Å². The van der Waals surface area contributed by atoms with E-state index >= 15 is 0 Å². The van der Waals surface area contributed by atoms with Gasteiger partial charge in [0, 0.05) is 11.9 Å². The Morgan fingerprint density at radius 3 is 2.42 bits per heavy atom. The first-order valence-electron chi connectivity index (χ1n) is 5.31. The maximum Gasteiger partial charge on any atom is 0.455 e. The van der Waals surface area contributed by atoms with Crippen molar-refractivity contribution in [1.82, 2.24) is 0 Å². The van der Waals surface area contributed by atoms with Crippen molar-refractivity contribution in [2.45, 2.75) is 13.1 Å². The maximum absolute atomic E-state index is 12.1. The van der Waals surface area contributed by atoms with Gasteiger partial charge in [0.15, 0.2) is 0 Å². The maximum atomic E-state index is 12.1. The Labute approximate surface area is 116 Å². The summed E-state index contributed by atoms with van der Waals surface area (Å²) in [4.78, 5) is 10.8. The van der Waals surface area contributed by atoms with E-state index in [1.165, 1.54) is 0 Å². The second-order valence-corrected chi connectivity index (χ2v) is 4.28. The summed E-state index contributed by atoms with van der Waals surface area (Å²) in [6, 6.07) is 6.58. The molecule has 0 aliphatic carbocycles. The van der Waals surface area contributed by atoms with Crippen molar-refractivity contribution in [2.75, 3.05) is 11.9 Å². The number of anilines is 1. The number of alkyl halides is 3. The molecular weight excluding hydrogens is 327 g/mol.